The number of hydrogen-bond acceptors (Lipinski definition) is 4. The lowest BCUT2D eigenvalue weighted by Crippen LogP contribution is -2.15. The number of hydrogen-bond donors (Lipinski definition) is 1. The number of benzene rings is 1. The standard InChI is InChI=1S/C22H25N5O/c1-4-5-18(22-17-8-14-7-15(14)9-20(17)25-26-22)24-19-10-21(27(3)12-28)16(11-23)6-13(19)2/h6,10,12,14-15H,4-5,7-9H2,1-3H3,(H,25,26)/b24-18+. The molecule has 144 valence electrons. The van der Waals surface area contributed by atoms with E-state index in [0.29, 0.717) is 17.7 Å². The van der Waals surface area contributed by atoms with Crippen molar-refractivity contribution in [3.8, 4) is 6.07 Å². The van der Waals surface area contributed by atoms with E-state index in [9.17, 15) is 10.1 Å². The summed E-state index contributed by atoms with van der Waals surface area (Å²) >= 11 is 0. The third-order valence-electron chi connectivity index (χ3n) is 5.94. The van der Waals surface area contributed by atoms with Gasteiger partial charge in [-0.15, -0.1) is 0 Å². The van der Waals surface area contributed by atoms with E-state index in [1.807, 2.05) is 13.0 Å². The van der Waals surface area contributed by atoms with Gasteiger partial charge in [-0.1, -0.05) is 13.3 Å². The molecule has 28 heavy (non-hydrogen) atoms. The van der Waals surface area contributed by atoms with Crippen LogP contribution in [0.1, 0.15) is 54.3 Å². The molecule has 0 spiro atoms. The number of carbonyl (C=O) groups is 1. The largest absolute Gasteiger partial charge is 0.317 e. The van der Waals surface area contributed by atoms with Crippen LogP contribution < -0.4 is 4.90 Å². The average molecular weight is 375 g/mol. The summed E-state index contributed by atoms with van der Waals surface area (Å²) in [6.07, 6.45) is 6.06. The Kier molecular flexibility index (Phi) is 4.76. The maximum absolute atomic E-state index is 11.2. The molecule has 0 radical (unpaired) electrons. The molecule has 6 heteroatoms. The van der Waals surface area contributed by atoms with Crippen molar-refractivity contribution in [2.75, 3.05) is 11.9 Å². The third kappa shape index (κ3) is 3.22. The molecule has 0 saturated heterocycles. The van der Waals surface area contributed by atoms with E-state index >= 15 is 0 Å². The summed E-state index contributed by atoms with van der Waals surface area (Å²) in [5.74, 6) is 1.66. The predicted molar refractivity (Wildman–Crippen MR) is 109 cm³/mol. The van der Waals surface area contributed by atoms with Crippen LogP contribution in [-0.4, -0.2) is 29.4 Å². The number of aryl methyl sites for hydroxylation is 1. The molecular formula is C22H25N5O. The zero-order valence-electron chi connectivity index (χ0n) is 16.6. The fourth-order valence-corrected chi connectivity index (χ4v) is 4.22. The number of rotatable bonds is 6. The number of carbonyl (C=O) groups excluding carboxylic acids is 1. The van der Waals surface area contributed by atoms with Crippen LogP contribution in [0, 0.1) is 30.1 Å². The van der Waals surface area contributed by atoms with Crippen molar-refractivity contribution in [1.29, 1.82) is 5.26 Å². The van der Waals surface area contributed by atoms with E-state index in [2.05, 4.69) is 23.2 Å². The molecule has 1 aromatic carbocycles. The molecule has 0 bridgehead atoms. The van der Waals surface area contributed by atoms with E-state index in [-0.39, 0.29) is 0 Å². The average Bonchev–Trinajstić information content (AvgIpc) is 3.35. The van der Waals surface area contributed by atoms with E-state index in [4.69, 9.17) is 4.99 Å². The fourth-order valence-electron chi connectivity index (χ4n) is 4.22. The first kappa shape index (κ1) is 18.4. The zero-order chi connectivity index (χ0) is 19.8. The first-order chi connectivity index (χ1) is 13.5. The van der Waals surface area contributed by atoms with E-state index in [0.717, 1.165) is 60.2 Å². The molecule has 1 heterocycles. The Morgan fingerprint density at radius 2 is 2.21 bits per heavy atom. The lowest BCUT2D eigenvalue weighted by atomic mass is 9.93. The van der Waals surface area contributed by atoms with Crippen LogP contribution in [-0.2, 0) is 17.6 Å². The Labute approximate surface area is 165 Å². The summed E-state index contributed by atoms with van der Waals surface area (Å²) in [6.45, 7) is 4.09. The van der Waals surface area contributed by atoms with Gasteiger partial charge in [0.15, 0.2) is 0 Å². The van der Waals surface area contributed by atoms with Crippen LogP contribution in [0.25, 0.3) is 0 Å². The molecule has 1 saturated carbocycles. The quantitative estimate of drug-likeness (QED) is 0.615. The van der Waals surface area contributed by atoms with Crippen molar-refractivity contribution in [3.05, 3.63) is 40.2 Å². The monoisotopic (exact) mass is 375 g/mol. The number of aromatic amines is 1. The van der Waals surface area contributed by atoms with E-state index in [1.165, 1.54) is 22.6 Å². The lowest BCUT2D eigenvalue weighted by molar-refractivity contribution is -0.107. The van der Waals surface area contributed by atoms with Crippen molar-refractivity contribution in [3.63, 3.8) is 0 Å². The molecule has 2 aliphatic carbocycles. The van der Waals surface area contributed by atoms with Crippen molar-refractivity contribution in [2.24, 2.45) is 16.8 Å². The Bertz CT molecular complexity index is 997. The van der Waals surface area contributed by atoms with E-state index in [1.54, 1.807) is 13.1 Å². The number of aliphatic imine (C=N–C) groups is 1. The second-order valence-electron chi connectivity index (χ2n) is 7.99. The highest BCUT2D eigenvalue weighted by molar-refractivity contribution is 6.02. The SMILES string of the molecule is CCC/C(=N\c1cc(N(C)C=O)c(C#N)cc1C)c1n[nH]c2c1CC1CC1C2. The molecule has 1 aromatic heterocycles. The van der Waals surface area contributed by atoms with Gasteiger partial charge in [0.25, 0.3) is 0 Å². The van der Waals surface area contributed by atoms with Gasteiger partial charge in [-0.2, -0.15) is 10.4 Å². The number of nitrogens with one attached hydrogen (secondary N) is 1. The summed E-state index contributed by atoms with van der Waals surface area (Å²) in [6, 6.07) is 5.79. The minimum atomic E-state index is 0.472. The van der Waals surface area contributed by atoms with Crippen LogP contribution in [0.5, 0.6) is 0 Å². The van der Waals surface area contributed by atoms with Gasteiger partial charge in [0.2, 0.25) is 6.41 Å². The van der Waals surface area contributed by atoms with Gasteiger partial charge in [0.05, 0.1) is 22.6 Å². The summed E-state index contributed by atoms with van der Waals surface area (Å²) in [7, 11) is 1.65. The van der Waals surface area contributed by atoms with Gasteiger partial charge in [0, 0.05) is 18.3 Å². The smallest absolute Gasteiger partial charge is 0.213 e. The summed E-state index contributed by atoms with van der Waals surface area (Å²) < 4.78 is 0. The van der Waals surface area contributed by atoms with Crippen LogP contribution in [0.3, 0.4) is 0 Å². The van der Waals surface area contributed by atoms with Gasteiger partial charge in [-0.05, 0) is 62.1 Å². The van der Waals surface area contributed by atoms with Gasteiger partial charge in [-0.3, -0.25) is 14.9 Å². The van der Waals surface area contributed by atoms with Crippen LogP contribution in [0.4, 0.5) is 11.4 Å². The summed E-state index contributed by atoms with van der Waals surface area (Å²) in [5, 5.41) is 17.3. The lowest BCUT2D eigenvalue weighted by Gasteiger charge is -2.16. The van der Waals surface area contributed by atoms with Gasteiger partial charge >= 0.3 is 0 Å². The first-order valence-electron chi connectivity index (χ1n) is 9.92. The third-order valence-corrected chi connectivity index (χ3v) is 5.94. The Morgan fingerprint density at radius 1 is 1.43 bits per heavy atom. The highest BCUT2D eigenvalue weighted by Crippen LogP contribution is 2.48. The van der Waals surface area contributed by atoms with Gasteiger partial charge < -0.3 is 4.90 Å². The highest BCUT2D eigenvalue weighted by Gasteiger charge is 2.43. The summed E-state index contributed by atoms with van der Waals surface area (Å²) in [4.78, 5) is 17.6. The predicted octanol–water partition coefficient (Wildman–Crippen LogP) is 3.84. The van der Waals surface area contributed by atoms with Gasteiger partial charge in [0.1, 0.15) is 11.8 Å². The van der Waals surface area contributed by atoms with Crippen molar-refractivity contribution < 1.29 is 4.79 Å². The summed E-state index contributed by atoms with van der Waals surface area (Å²) in [5.41, 5.74) is 7.33. The second-order valence-corrected chi connectivity index (χ2v) is 7.99. The van der Waals surface area contributed by atoms with Crippen LogP contribution >= 0.6 is 0 Å². The van der Waals surface area contributed by atoms with Crippen molar-refractivity contribution in [1.82, 2.24) is 10.2 Å². The number of fused-ring (bicyclic) bond motifs is 2. The van der Waals surface area contributed by atoms with Crippen LogP contribution in [0.15, 0.2) is 17.1 Å². The highest BCUT2D eigenvalue weighted by atomic mass is 16.1. The Morgan fingerprint density at radius 3 is 2.93 bits per heavy atom. The van der Waals surface area contributed by atoms with Crippen molar-refractivity contribution >= 4 is 23.5 Å². The second kappa shape index (κ2) is 7.23. The van der Waals surface area contributed by atoms with E-state index < -0.39 is 0 Å². The molecule has 1 N–H and O–H groups in total. The molecule has 6 nitrogen and oxygen atoms in total. The zero-order valence-corrected chi connectivity index (χ0v) is 16.6. The number of aromatic nitrogens is 2. The molecule has 4 rings (SSSR count). The molecular weight excluding hydrogens is 350 g/mol. The molecule has 2 unspecified atom stereocenters. The van der Waals surface area contributed by atoms with Crippen molar-refractivity contribution in [2.45, 2.75) is 46.0 Å². The molecule has 2 aromatic rings. The number of amides is 1. The maximum atomic E-state index is 11.2. The number of anilines is 1. The first-order valence-corrected chi connectivity index (χ1v) is 9.92. The number of nitriles is 1. The topological polar surface area (TPSA) is 85.1 Å². The normalized spacial score (nSPS) is 20.1. The Balaban J connectivity index is 1.78. The minimum Gasteiger partial charge on any atom is -0.317 e. The molecule has 1 fully saturated rings. The number of nitrogens with zero attached hydrogens (tertiary/aromatic N) is 4. The fraction of sp³-hybridized carbons (Fsp3) is 0.455. The van der Waals surface area contributed by atoms with Crippen LogP contribution in [0.2, 0.25) is 0 Å². The molecule has 0 aliphatic heterocycles. The minimum absolute atomic E-state index is 0.472. The molecule has 2 atom stereocenters. The molecule has 2 aliphatic rings. The number of H-pyrrole nitrogens is 1. The Hall–Kier alpha value is -2.94. The van der Waals surface area contributed by atoms with Gasteiger partial charge in [-0.25, -0.2) is 0 Å². The molecule has 1 amide bonds. The maximum Gasteiger partial charge on any atom is 0.213 e.